The van der Waals surface area contributed by atoms with Crippen LogP contribution in [0.4, 0.5) is 11.4 Å². The van der Waals surface area contributed by atoms with Crippen molar-refractivity contribution in [3.63, 3.8) is 0 Å². The van der Waals surface area contributed by atoms with E-state index in [4.69, 9.17) is 23.2 Å². The van der Waals surface area contributed by atoms with Crippen LogP contribution in [0, 0.1) is 0 Å². The molecule has 1 aliphatic heterocycles. The van der Waals surface area contributed by atoms with Crippen LogP contribution < -0.4 is 10.2 Å². The lowest BCUT2D eigenvalue weighted by Gasteiger charge is -2.35. The molecular weight excluding hydrogens is 373 g/mol. The fourth-order valence-electron chi connectivity index (χ4n) is 2.90. The van der Waals surface area contributed by atoms with Gasteiger partial charge >= 0.3 is 0 Å². The van der Waals surface area contributed by atoms with Crippen LogP contribution in [-0.4, -0.2) is 42.9 Å². The lowest BCUT2D eigenvalue weighted by atomic mass is 10.2. The minimum Gasteiger partial charge on any atom is -0.368 e. The molecule has 136 valence electrons. The number of halogens is 2. The van der Waals surface area contributed by atoms with Gasteiger partial charge in [-0.05, 0) is 36.4 Å². The van der Waals surface area contributed by atoms with Crippen molar-refractivity contribution in [1.82, 2.24) is 4.90 Å². The largest absolute Gasteiger partial charge is 0.368 e. The fraction of sp³-hybridized carbons (Fsp3) is 0.263. The molecule has 0 spiro atoms. The third-order valence-electron chi connectivity index (χ3n) is 4.38. The van der Waals surface area contributed by atoms with Crippen LogP contribution in [0.15, 0.2) is 42.5 Å². The maximum Gasteiger partial charge on any atom is 0.255 e. The van der Waals surface area contributed by atoms with Gasteiger partial charge in [-0.15, -0.1) is 0 Å². The lowest BCUT2D eigenvalue weighted by molar-refractivity contribution is -0.129. The number of hydrogen-bond donors (Lipinski definition) is 1. The van der Waals surface area contributed by atoms with Gasteiger partial charge in [-0.3, -0.25) is 9.59 Å². The predicted molar refractivity (Wildman–Crippen MR) is 105 cm³/mol. The number of carbonyl (C=O) groups excluding carboxylic acids is 2. The van der Waals surface area contributed by atoms with Gasteiger partial charge in [0.15, 0.2) is 0 Å². The van der Waals surface area contributed by atoms with Crippen molar-refractivity contribution in [3.8, 4) is 0 Å². The molecule has 2 amide bonds. The monoisotopic (exact) mass is 391 g/mol. The predicted octanol–water partition coefficient (Wildman–Crippen LogP) is 3.91. The Balaban J connectivity index is 1.68. The number of rotatable bonds is 3. The van der Waals surface area contributed by atoms with E-state index >= 15 is 0 Å². The molecule has 26 heavy (non-hydrogen) atoms. The Labute approximate surface area is 162 Å². The maximum absolute atomic E-state index is 12.4. The molecule has 0 atom stereocenters. The summed E-state index contributed by atoms with van der Waals surface area (Å²) in [5, 5.41) is 3.64. The van der Waals surface area contributed by atoms with E-state index in [1.165, 1.54) is 0 Å². The van der Waals surface area contributed by atoms with E-state index in [1.807, 2.05) is 29.2 Å². The summed E-state index contributed by atoms with van der Waals surface area (Å²) in [7, 11) is 0. The maximum atomic E-state index is 12.4. The molecule has 0 bridgehead atoms. The summed E-state index contributed by atoms with van der Waals surface area (Å²) in [6.07, 6.45) is 0. The number of piperazine rings is 1. The molecule has 0 unspecified atom stereocenters. The van der Waals surface area contributed by atoms with Gasteiger partial charge in [0.25, 0.3) is 5.91 Å². The Hall–Kier alpha value is -2.24. The van der Waals surface area contributed by atoms with Crippen LogP contribution in [0.5, 0.6) is 0 Å². The zero-order valence-corrected chi connectivity index (χ0v) is 15.8. The molecule has 1 aliphatic rings. The molecule has 2 aromatic carbocycles. The molecule has 0 saturated carbocycles. The molecule has 1 fully saturated rings. The Bertz CT molecular complexity index is 833. The molecule has 3 rings (SSSR count). The Morgan fingerprint density at radius 1 is 0.962 bits per heavy atom. The molecular formula is C19H19Cl2N3O2. The summed E-state index contributed by atoms with van der Waals surface area (Å²) in [5.41, 5.74) is 2.16. The smallest absolute Gasteiger partial charge is 0.255 e. The Morgan fingerprint density at radius 3 is 2.35 bits per heavy atom. The van der Waals surface area contributed by atoms with Gasteiger partial charge < -0.3 is 15.1 Å². The highest BCUT2D eigenvalue weighted by Crippen LogP contribution is 2.24. The first-order valence-corrected chi connectivity index (χ1v) is 9.06. The first-order valence-electron chi connectivity index (χ1n) is 8.31. The summed E-state index contributed by atoms with van der Waals surface area (Å²) in [5.74, 6) is -0.144. The summed E-state index contributed by atoms with van der Waals surface area (Å²) in [6, 6.07) is 12.4. The second-order valence-corrected chi connectivity index (χ2v) is 6.94. The molecule has 1 saturated heterocycles. The van der Waals surface area contributed by atoms with E-state index in [-0.39, 0.29) is 11.8 Å². The molecule has 0 aromatic heterocycles. The minimum atomic E-state index is -0.248. The van der Waals surface area contributed by atoms with Crippen LogP contribution in [0.2, 0.25) is 10.0 Å². The average Bonchev–Trinajstić information content (AvgIpc) is 2.64. The van der Waals surface area contributed by atoms with E-state index in [2.05, 4.69) is 10.2 Å². The standard InChI is InChI=1S/C19H19Cl2N3O2/c1-13(25)23-7-9-24(10-8-23)16-4-2-3-15(12-16)22-19(26)14-5-6-17(20)18(21)11-14/h2-6,11-12H,7-10H2,1H3,(H,22,26). The Kier molecular flexibility index (Phi) is 5.69. The third-order valence-corrected chi connectivity index (χ3v) is 5.11. The number of amides is 2. The zero-order valence-electron chi connectivity index (χ0n) is 14.3. The number of carbonyl (C=O) groups is 2. The highest BCUT2D eigenvalue weighted by Gasteiger charge is 2.19. The van der Waals surface area contributed by atoms with Gasteiger partial charge in [-0.1, -0.05) is 29.3 Å². The zero-order chi connectivity index (χ0) is 18.7. The van der Waals surface area contributed by atoms with Crippen LogP contribution >= 0.6 is 23.2 Å². The molecule has 0 aliphatic carbocycles. The molecule has 7 heteroatoms. The van der Waals surface area contributed by atoms with Gasteiger partial charge in [0.2, 0.25) is 5.91 Å². The van der Waals surface area contributed by atoms with Crippen molar-refractivity contribution in [2.75, 3.05) is 36.4 Å². The summed E-state index contributed by atoms with van der Waals surface area (Å²) in [4.78, 5) is 27.9. The minimum absolute atomic E-state index is 0.104. The van der Waals surface area contributed by atoms with E-state index < -0.39 is 0 Å². The highest BCUT2D eigenvalue weighted by molar-refractivity contribution is 6.42. The molecule has 2 aromatic rings. The quantitative estimate of drug-likeness (QED) is 0.862. The average molecular weight is 392 g/mol. The second-order valence-electron chi connectivity index (χ2n) is 6.13. The molecule has 1 heterocycles. The van der Waals surface area contributed by atoms with Crippen molar-refractivity contribution in [2.45, 2.75) is 6.92 Å². The van der Waals surface area contributed by atoms with Crippen molar-refractivity contribution >= 4 is 46.4 Å². The second kappa shape index (κ2) is 7.98. The lowest BCUT2D eigenvalue weighted by Crippen LogP contribution is -2.48. The van der Waals surface area contributed by atoms with E-state index in [1.54, 1.807) is 25.1 Å². The van der Waals surface area contributed by atoms with Crippen molar-refractivity contribution in [1.29, 1.82) is 0 Å². The van der Waals surface area contributed by atoms with E-state index in [0.29, 0.717) is 34.4 Å². The van der Waals surface area contributed by atoms with Crippen LogP contribution in [0.3, 0.4) is 0 Å². The summed E-state index contributed by atoms with van der Waals surface area (Å²) < 4.78 is 0. The van der Waals surface area contributed by atoms with Gasteiger partial charge in [0, 0.05) is 50.0 Å². The molecule has 0 radical (unpaired) electrons. The van der Waals surface area contributed by atoms with E-state index in [0.717, 1.165) is 18.8 Å². The number of benzene rings is 2. The summed E-state index contributed by atoms with van der Waals surface area (Å²) in [6.45, 7) is 4.53. The first-order chi connectivity index (χ1) is 12.4. The number of nitrogens with zero attached hydrogens (tertiary/aromatic N) is 2. The SMILES string of the molecule is CC(=O)N1CCN(c2cccc(NC(=O)c3ccc(Cl)c(Cl)c3)c2)CC1. The van der Waals surface area contributed by atoms with Gasteiger partial charge in [0.05, 0.1) is 10.0 Å². The fourth-order valence-corrected chi connectivity index (χ4v) is 3.20. The van der Waals surface area contributed by atoms with Gasteiger partial charge in [-0.25, -0.2) is 0 Å². The molecule has 5 nitrogen and oxygen atoms in total. The normalized spacial score (nSPS) is 14.3. The van der Waals surface area contributed by atoms with Crippen LogP contribution in [0.1, 0.15) is 17.3 Å². The highest BCUT2D eigenvalue weighted by atomic mass is 35.5. The van der Waals surface area contributed by atoms with Gasteiger partial charge in [-0.2, -0.15) is 0 Å². The van der Waals surface area contributed by atoms with E-state index in [9.17, 15) is 9.59 Å². The topological polar surface area (TPSA) is 52.7 Å². The van der Waals surface area contributed by atoms with Crippen LogP contribution in [-0.2, 0) is 4.79 Å². The summed E-state index contributed by atoms with van der Waals surface area (Å²) >= 11 is 11.9. The van der Waals surface area contributed by atoms with Crippen molar-refractivity contribution in [2.24, 2.45) is 0 Å². The van der Waals surface area contributed by atoms with Crippen molar-refractivity contribution in [3.05, 3.63) is 58.1 Å². The number of hydrogen-bond acceptors (Lipinski definition) is 3. The van der Waals surface area contributed by atoms with Crippen LogP contribution in [0.25, 0.3) is 0 Å². The molecule has 1 N–H and O–H groups in total. The Morgan fingerprint density at radius 2 is 1.69 bits per heavy atom. The third kappa shape index (κ3) is 4.29. The van der Waals surface area contributed by atoms with Gasteiger partial charge in [0.1, 0.15) is 0 Å². The first kappa shape index (κ1) is 18.5. The van der Waals surface area contributed by atoms with Crippen molar-refractivity contribution < 1.29 is 9.59 Å². The number of anilines is 2. The number of nitrogens with one attached hydrogen (secondary N) is 1.